The van der Waals surface area contributed by atoms with Gasteiger partial charge in [0.05, 0.1) is 5.69 Å². The van der Waals surface area contributed by atoms with E-state index in [1.54, 1.807) is 24.4 Å². The number of aromatic amines is 1. The number of amides is 1. The van der Waals surface area contributed by atoms with E-state index in [2.05, 4.69) is 20.5 Å². The molecule has 0 bridgehead atoms. The van der Waals surface area contributed by atoms with Crippen molar-refractivity contribution in [3.05, 3.63) is 80.9 Å². The van der Waals surface area contributed by atoms with E-state index in [0.29, 0.717) is 17.3 Å². The van der Waals surface area contributed by atoms with Gasteiger partial charge in [0.2, 0.25) is 0 Å². The molecule has 7 heteroatoms. The fraction of sp³-hybridized carbons (Fsp3) is 0.111. The zero-order valence-corrected chi connectivity index (χ0v) is 14.2. The number of hydrogen-bond acceptors (Lipinski definition) is 4. The quantitative estimate of drug-likeness (QED) is 0.754. The third kappa shape index (κ3) is 4.10. The van der Waals surface area contributed by atoms with Crippen LogP contribution in [0.5, 0.6) is 0 Å². The molecule has 0 atom stereocenters. The second-order valence-corrected chi connectivity index (χ2v) is 5.93. The standard InChI is InChI=1S/C18H15ClN4O2/c1-11-8-13(6-7-20-11)16-9-15(18(25)23-22-16)17(24)21-10-12-2-4-14(19)5-3-12/h2-9H,10H2,1H3,(H,21,24)(H,23,25). The van der Waals surface area contributed by atoms with Gasteiger partial charge in [0.15, 0.2) is 0 Å². The van der Waals surface area contributed by atoms with Crippen molar-refractivity contribution in [3.63, 3.8) is 0 Å². The van der Waals surface area contributed by atoms with Gasteiger partial charge in [-0.1, -0.05) is 23.7 Å². The maximum Gasteiger partial charge on any atom is 0.277 e. The molecule has 0 saturated carbocycles. The summed E-state index contributed by atoms with van der Waals surface area (Å²) in [6.07, 6.45) is 1.65. The minimum atomic E-state index is -0.539. The van der Waals surface area contributed by atoms with Gasteiger partial charge in [-0.2, -0.15) is 5.10 Å². The molecule has 0 spiro atoms. The third-order valence-corrected chi connectivity index (χ3v) is 3.86. The lowest BCUT2D eigenvalue weighted by Gasteiger charge is -2.07. The minimum absolute atomic E-state index is 0.00780. The zero-order chi connectivity index (χ0) is 17.8. The van der Waals surface area contributed by atoms with Crippen molar-refractivity contribution in [2.75, 3.05) is 0 Å². The molecule has 0 aliphatic carbocycles. The Balaban J connectivity index is 1.81. The third-order valence-electron chi connectivity index (χ3n) is 3.61. The summed E-state index contributed by atoms with van der Waals surface area (Å²) in [7, 11) is 0. The normalized spacial score (nSPS) is 10.5. The molecule has 126 valence electrons. The summed E-state index contributed by atoms with van der Waals surface area (Å²) in [6, 6.07) is 12.2. The van der Waals surface area contributed by atoms with Crippen molar-refractivity contribution in [1.82, 2.24) is 20.5 Å². The Hall–Kier alpha value is -2.99. The SMILES string of the molecule is Cc1cc(-c2cc(C(=O)NCc3ccc(Cl)cc3)c(=O)[nH]n2)ccn1. The van der Waals surface area contributed by atoms with Crippen LogP contribution in [0, 0.1) is 6.92 Å². The van der Waals surface area contributed by atoms with Gasteiger partial charge in [0.1, 0.15) is 5.56 Å². The number of hydrogen-bond donors (Lipinski definition) is 2. The number of pyridine rings is 1. The number of nitrogens with one attached hydrogen (secondary N) is 2. The molecule has 25 heavy (non-hydrogen) atoms. The molecular weight excluding hydrogens is 340 g/mol. The lowest BCUT2D eigenvalue weighted by Crippen LogP contribution is -2.29. The summed E-state index contributed by atoms with van der Waals surface area (Å²) in [6.45, 7) is 2.15. The first-order valence-corrected chi connectivity index (χ1v) is 7.96. The van der Waals surface area contributed by atoms with E-state index in [9.17, 15) is 9.59 Å². The molecule has 2 heterocycles. The number of halogens is 1. The highest BCUT2D eigenvalue weighted by Crippen LogP contribution is 2.16. The van der Waals surface area contributed by atoms with Crippen LogP contribution in [0.1, 0.15) is 21.6 Å². The molecule has 0 radical (unpaired) electrons. The summed E-state index contributed by atoms with van der Waals surface area (Å²) >= 11 is 5.83. The van der Waals surface area contributed by atoms with Crippen LogP contribution in [-0.4, -0.2) is 21.1 Å². The number of benzene rings is 1. The molecule has 0 aliphatic rings. The second kappa shape index (κ2) is 7.27. The summed E-state index contributed by atoms with van der Waals surface area (Å²) < 4.78 is 0. The predicted octanol–water partition coefficient (Wildman–Crippen LogP) is 2.72. The fourth-order valence-electron chi connectivity index (χ4n) is 2.31. The molecule has 0 unspecified atom stereocenters. The first-order valence-electron chi connectivity index (χ1n) is 7.58. The molecule has 1 aromatic carbocycles. The Morgan fingerprint density at radius 2 is 1.96 bits per heavy atom. The summed E-state index contributed by atoms with van der Waals surface area (Å²) in [5.41, 5.74) is 2.45. The van der Waals surface area contributed by atoms with Gasteiger partial charge >= 0.3 is 0 Å². The predicted molar refractivity (Wildman–Crippen MR) is 95.4 cm³/mol. The van der Waals surface area contributed by atoms with Gasteiger partial charge in [-0.15, -0.1) is 0 Å². The maximum absolute atomic E-state index is 12.4. The number of nitrogens with zero attached hydrogens (tertiary/aromatic N) is 2. The monoisotopic (exact) mass is 354 g/mol. The van der Waals surface area contributed by atoms with Gasteiger partial charge in [-0.3, -0.25) is 14.6 Å². The van der Waals surface area contributed by atoms with Crippen LogP contribution in [0.2, 0.25) is 5.02 Å². The average Bonchev–Trinajstić information content (AvgIpc) is 2.61. The summed E-state index contributed by atoms with van der Waals surface area (Å²) in [4.78, 5) is 28.4. The van der Waals surface area contributed by atoms with E-state index in [1.807, 2.05) is 25.1 Å². The maximum atomic E-state index is 12.4. The van der Waals surface area contributed by atoms with Crippen LogP contribution in [0.25, 0.3) is 11.3 Å². The summed E-state index contributed by atoms with van der Waals surface area (Å²) in [5.74, 6) is -0.467. The van der Waals surface area contributed by atoms with Gasteiger partial charge < -0.3 is 5.32 Å². The first kappa shape index (κ1) is 16.9. The van der Waals surface area contributed by atoms with Crippen LogP contribution in [0.15, 0.2) is 53.5 Å². The molecule has 6 nitrogen and oxygen atoms in total. The van der Waals surface area contributed by atoms with E-state index in [-0.39, 0.29) is 5.56 Å². The molecule has 0 aliphatic heterocycles. The summed E-state index contributed by atoms with van der Waals surface area (Å²) in [5, 5.41) is 9.72. The van der Waals surface area contributed by atoms with Crippen molar-refractivity contribution in [3.8, 4) is 11.3 Å². The first-order chi connectivity index (χ1) is 12.0. The van der Waals surface area contributed by atoms with Gasteiger partial charge in [0, 0.05) is 29.0 Å². The molecule has 3 rings (SSSR count). The van der Waals surface area contributed by atoms with Gasteiger partial charge in [-0.05, 0) is 42.8 Å². The zero-order valence-electron chi connectivity index (χ0n) is 13.4. The number of aromatic nitrogens is 3. The van der Waals surface area contributed by atoms with Crippen molar-refractivity contribution >= 4 is 17.5 Å². The minimum Gasteiger partial charge on any atom is -0.348 e. The number of rotatable bonds is 4. The highest BCUT2D eigenvalue weighted by molar-refractivity contribution is 6.30. The molecular formula is C18H15ClN4O2. The van der Waals surface area contributed by atoms with E-state index in [4.69, 9.17) is 11.6 Å². The Labute approximate surface area is 148 Å². The van der Waals surface area contributed by atoms with Crippen LogP contribution < -0.4 is 10.9 Å². The number of carbonyl (C=O) groups is 1. The van der Waals surface area contributed by atoms with E-state index >= 15 is 0 Å². The van der Waals surface area contributed by atoms with Gasteiger partial charge in [-0.25, -0.2) is 5.10 Å². The van der Waals surface area contributed by atoms with E-state index < -0.39 is 11.5 Å². The van der Waals surface area contributed by atoms with Crippen molar-refractivity contribution in [1.29, 1.82) is 0 Å². The molecule has 0 fully saturated rings. The Morgan fingerprint density at radius 3 is 2.68 bits per heavy atom. The Kier molecular flexibility index (Phi) is 4.90. The van der Waals surface area contributed by atoms with E-state index in [1.165, 1.54) is 6.07 Å². The fourth-order valence-corrected chi connectivity index (χ4v) is 2.43. The highest BCUT2D eigenvalue weighted by Gasteiger charge is 2.13. The molecule has 3 aromatic rings. The number of carbonyl (C=O) groups excluding carboxylic acids is 1. The van der Waals surface area contributed by atoms with Gasteiger partial charge in [0.25, 0.3) is 11.5 Å². The van der Waals surface area contributed by atoms with Crippen molar-refractivity contribution in [2.45, 2.75) is 13.5 Å². The lowest BCUT2D eigenvalue weighted by molar-refractivity contribution is 0.0949. The van der Waals surface area contributed by atoms with Crippen molar-refractivity contribution < 1.29 is 4.79 Å². The van der Waals surface area contributed by atoms with Crippen LogP contribution >= 0.6 is 11.6 Å². The lowest BCUT2D eigenvalue weighted by atomic mass is 10.1. The molecule has 2 N–H and O–H groups in total. The smallest absolute Gasteiger partial charge is 0.277 e. The Bertz CT molecular complexity index is 967. The van der Waals surface area contributed by atoms with Crippen LogP contribution in [0.3, 0.4) is 0 Å². The molecule has 1 amide bonds. The molecule has 0 saturated heterocycles. The topological polar surface area (TPSA) is 87.7 Å². The average molecular weight is 355 g/mol. The van der Waals surface area contributed by atoms with Crippen LogP contribution in [-0.2, 0) is 6.54 Å². The number of aryl methyl sites for hydroxylation is 1. The number of H-pyrrole nitrogens is 1. The Morgan fingerprint density at radius 1 is 1.20 bits per heavy atom. The van der Waals surface area contributed by atoms with E-state index in [0.717, 1.165) is 16.8 Å². The van der Waals surface area contributed by atoms with Crippen LogP contribution in [0.4, 0.5) is 0 Å². The van der Waals surface area contributed by atoms with Crippen molar-refractivity contribution in [2.24, 2.45) is 0 Å². The second-order valence-electron chi connectivity index (χ2n) is 5.49. The highest BCUT2D eigenvalue weighted by atomic mass is 35.5. The largest absolute Gasteiger partial charge is 0.348 e. The molecule has 2 aromatic heterocycles.